The van der Waals surface area contributed by atoms with Crippen LogP contribution in [0.1, 0.15) is 57.9 Å². The van der Waals surface area contributed by atoms with E-state index in [4.69, 9.17) is 4.74 Å². The first-order valence-electron chi connectivity index (χ1n) is 7.63. The van der Waals surface area contributed by atoms with E-state index in [9.17, 15) is 0 Å². The third-order valence-corrected chi connectivity index (χ3v) is 4.36. The van der Waals surface area contributed by atoms with Gasteiger partial charge in [0, 0.05) is 13.7 Å². The van der Waals surface area contributed by atoms with E-state index in [0.29, 0.717) is 18.6 Å². The Morgan fingerprint density at radius 1 is 1.40 bits per heavy atom. The Kier molecular flexibility index (Phi) is 5.48. The van der Waals surface area contributed by atoms with Crippen molar-refractivity contribution in [3.63, 3.8) is 0 Å². The molecule has 1 N–H and O–H groups in total. The highest BCUT2D eigenvalue weighted by Crippen LogP contribution is 2.37. The van der Waals surface area contributed by atoms with E-state index in [1.165, 1.54) is 19.3 Å². The minimum Gasteiger partial charge on any atom is -0.383 e. The van der Waals surface area contributed by atoms with Crippen LogP contribution in [0.4, 0.5) is 0 Å². The molecule has 0 amide bonds. The van der Waals surface area contributed by atoms with E-state index in [0.717, 1.165) is 18.3 Å². The molecule has 0 saturated heterocycles. The molecular weight excluding hydrogens is 254 g/mol. The van der Waals surface area contributed by atoms with Gasteiger partial charge in [0.1, 0.15) is 0 Å². The van der Waals surface area contributed by atoms with Crippen LogP contribution in [0.15, 0.2) is 0 Å². The lowest BCUT2D eigenvalue weighted by Crippen LogP contribution is -2.31. The van der Waals surface area contributed by atoms with Crippen LogP contribution < -0.4 is 5.32 Å². The predicted molar refractivity (Wildman–Crippen MR) is 77.3 cm³/mol. The Hall–Kier alpha value is -1.01. The fraction of sp³-hybridized carbons (Fsp3) is 0.929. The van der Waals surface area contributed by atoms with Crippen LogP contribution in [-0.4, -0.2) is 40.5 Å². The zero-order valence-corrected chi connectivity index (χ0v) is 13.0. The number of rotatable bonds is 6. The zero-order valence-electron chi connectivity index (χ0n) is 13.0. The minimum atomic E-state index is 0.145. The molecule has 0 spiro atoms. The SMILES string of the molecule is COCCNC(C)c1nnnn1C1CCC(C)CC1C. The number of nitrogens with zero attached hydrogens (tertiary/aromatic N) is 4. The number of methoxy groups -OCH3 is 1. The van der Waals surface area contributed by atoms with Crippen LogP contribution in [0.2, 0.25) is 0 Å². The molecule has 2 rings (SSSR count). The quantitative estimate of drug-likeness (QED) is 0.808. The van der Waals surface area contributed by atoms with E-state index in [-0.39, 0.29) is 6.04 Å². The fourth-order valence-corrected chi connectivity index (χ4v) is 3.20. The molecule has 1 aromatic heterocycles. The summed E-state index contributed by atoms with van der Waals surface area (Å²) in [5.74, 6) is 2.39. The van der Waals surface area contributed by atoms with Gasteiger partial charge in [-0.05, 0) is 48.4 Å². The second kappa shape index (κ2) is 7.13. The average Bonchev–Trinajstić information content (AvgIpc) is 2.88. The number of aromatic nitrogens is 4. The monoisotopic (exact) mass is 281 g/mol. The van der Waals surface area contributed by atoms with Crippen molar-refractivity contribution in [2.45, 2.75) is 52.1 Å². The number of hydrogen-bond donors (Lipinski definition) is 1. The summed E-state index contributed by atoms with van der Waals surface area (Å²) in [4.78, 5) is 0. The molecule has 0 aromatic carbocycles. The zero-order chi connectivity index (χ0) is 14.5. The van der Waals surface area contributed by atoms with E-state index in [2.05, 4.69) is 41.6 Å². The molecule has 1 heterocycles. The molecule has 0 bridgehead atoms. The highest BCUT2D eigenvalue weighted by atomic mass is 16.5. The van der Waals surface area contributed by atoms with Crippen molar-refractivity contribution in [2.75, 3.05) is 20.3 Å². The first-order valence-corrected chi connectivity index (χ1v) is 7.63. The van der Waals surface area contributed by atoms with Crippen molar-refractivity contribution in [1.82, 2.24) is 25.5 Å². The molecule has 4 unspecified atom stereocenters. The van der Waals surface area contributed by atoms with Crippen molar-refractivity contribution in [2.24, 2.45) is 11.8 Å². The van der Waals surface area contributed by atoms with E-state index in [1.54, 1.807) is 7.11 Å². The summed E-state index contributed by atoms with van der Waals surface area (Å²) < 4.78 is 7.11. The topological polar surface area (TPSA) is 64.9 Å². The van der Waals surface area contributed by atoms with Gasteiger partial charge in [-0.15, -0.1) is 5.10 Å². The maximum atomic E-state index is 5.06. The Bertz CT molecular complexity index is 408. The van der Waals surface area contributed by atoms with Gasteiger partial charge in [-0.1, -0.05) is 13.8 Å². The molecule has 0 radical (unpaired) electrons. The van der Waals surface area contributed by atoms with E-state index >= 15 is 0 Å². The first-order chi connectivity index (χ1) is 9.63. The summed E-state index contributed by atoms with van der Waals surface area (Å²) in [6, 6.07) is 0.578. The van der Waals surface area contributed by atoms with Crippen LogP contribution in [-0.2, 0) is 4.74 Å². The Labute approximate surface area is 121 Å². The summed E-state index contributed by atoms with van der Waals surface area (Å²) in [5, 5.41) is 15.8. The lowest BCUT2D eigenvalue weighted by Gasteiger charge is -2.33. The van der Waals surface area contributed by atoms with Crippen LogP contribution in [0.5, 0.6) is 0 Å². The van der Waals surface area contributed by atoms with Crippen molar-refractivity contribution in [3.8, 4) is 0 Å². The third-order valence-electron chi connectivity index (χ3n) is 4.36. The second-order valence-electron chi connectivity index (χ2n) is 6.11. The van der Waals surface area contributed by atoms with Gasteiger partial charge in [0.15, 0.2) is 5.82 Å². The van der Waals surface area contributed by atoms with Crippen molar-refractivity contribution in [1.29, 1.82) is 0 Å². The van der Waals surface area contributed by atoms with Crippen molar-refractivity contribution < 1.29 is 4.74 Å². The van der Waals surface area contributed by atoms with Gasteiger partial charge < -0.3 is 10.1 Å². The third kappa shape index (κ3) is 3.55. The first kappa shape index (κ1) is 15.4. The molecule has 0 aliphatic heterocycles. The van der Waals surface area contributed by atoms with Gasteiger partial charge in [0.05, 0.1) is 18.7 Å². The van der Waals surface area contributed by atoms with Crippen LogP contribution in [0.3, 0.4) is 0 Å². The van der Waals surface area contributed by atoms with Crippen LogP contribution >= 0.6 is 0 Å². The van der Waals surface area contributed by atoms with Crippen LogP contribution in [0.25, 0.3) is 0 Å². The lowest BCUT2D eigenvalue weighted by atomic mass is 9.80. The van der Waals surface area contributed by atoms with E-state index in [1.807, 2.05) is 4.68 Å². The number of hydrogen-bond acceptors (Lipinski definition) is 5. The number of ether oxygens (including phenoxy) is 1. The number of nitrogens with one attached hydrogen (secondary N) is 1. The smallest absolute Gasteiger partial charge is 0.168 e. The molecule has 114 valence electrons. The Morgan fingerprint density at radius 3 is 2.90 bits per heavy atom. The highest BCUT2D eigenvalue weighted by Gasteiger charge is 2.30. The minimum absolute atomic E-state index is 0.145. The summed E-state index contributed by atoms with van der Waals surface area (Å²) in [6.07, 6.45) is 3.69. The second-order valence-corrected chi connectivity index (χ2v) is 6.11. The van der Waals surface area contributed by atoms with Gasteiger partial charge in [0.2, 0.25) is 0 Å². The van der Waals surface area contributed by atoms with Gasteiger partial charge in [-0.3, -0.25) is 0 Å². The molecule has 6 nitrogen and oxygen atoms in total. The highest BCUT2D eigenvalue weighted by molar-refractivity contribution is 4.94. The molecule has 1 aliphatic carbocycles. The summed E-state index contributed by atoms with van der Waals surface area (Å²) >= 11 is 0. The lowest BCUT2D eigenvalue weighted by molar-refractivity contribution is 0.182. The summed E-state index contributed by atoms with van der Waals surface area (Å²) in [6.45, 7) is 8.26. The fourth-order valence-electron chi connectivity index (χ4n) is 3.20. The molecule has 6 heteroatoms. The average molecular weight is 281 g/mol. The Balaban J connectivity index is 2.04. The van der Waals surface area contributed by atoms with Gasteiger partial charge in [-0.2, -0.15) is 0 Å². The normalized spacial score (nSPS) is 28.5. The maximum Gasteiger partial charge on any atom is 0.168 e. The van der Waals surface area contributed by atoms with Gasteiger partial charge >= 0.3 is 0 Å². The van der Waals surface area contributed by atoms with Crippen LogP contribution in [0, 0.1) is 11.8 Å². The molecule has 1 aromatic rings. The number of tetrazole rings is 1. The Morgan fingerprint density at radius 2 is 2.20 bits per heavy atom. The molecular formula is C14H27N5O. The summed E-state index contributed by atoms with van der Waals surface area (Å²) in [7, 11) is 1.71. The largest absolute Gasteiger partial charge is 0.383 e. The van der Waals surface area contributed by atoms with Gasteiger partial charge in [-0.25, -0.2) is 4.68 Å². The predicted octanol–water partition coefficient (Wildman–Crippen LogP) is 1.97. The molecule has 1 fully saturated rings. The molecule has 1 saturated carbocycles. The van der Waals surface area contributed by atoms with E-state index < -0.39 is 0 Å². The van der Waals surface area contributed by atoms with Crippen molar-refractivity contribution in [3.05, 3.63) is 5.82 Å². The molecule has 4 atom stereocenters. The summed E-state index contributed by atoms with van der Waals surface area (Å²) in [5.41, 5.74) is 0. The van der Waals surface area contributed by atoms with Crippen molar-refractivity contribution >= 4 is 0 Å². The maximum absolute atomic E-state index is 5.06. The molecule has 1 aliphatic rings. The van der Waals surface area contributed by atoms with Gasteiger partial charge in [0.25, 0.3) is 0 Å². The molecule has 20 heavy (non-hydrogen) atoms. The standard InChI is InChI=1S/C14H27N5O/c1-10-5-6-13(11(2)9-10)19-14(16-17-18-19)12(3)15-7-8-20-4/h10-13,15H,5-9H2,1-4H3.